The Morgan fingerprint density at radius 1 is 1.43 bits per heavy atom. The van der Waals surface area contributed by atoms with Crippen molar-refractivity contribution in [3.63, 3.8) is 0 Å². The van der Waals surface area contributed by atoms with Crippen molar-refractivity contribution in [2.45, 2.75) is 13.3 Å². The van der Waals surface area contributed by atoms with Crippen LogP contribution < -0.4 is 10.5 Å². The molecule has 0 amide bonds. The minimum Gasteiger partial charge on any atom is -0.492 e. The van der Waals surface area contributed by atoms with Gasteiger partial charge in [0.1, 0.15) is 5.75 Å². The van der Waals surface area contributed by atoms with E-state index in [2.05, 4.69) is 22.9 Å². The Kier molecular flexibility index (Phi) is 4.98. The fourth-order valence-corrected chi connectivity index (χ4v) is 1.56. The molecule has 2 nitrogen and oxygen atoms in total. The molecule has 0 fully saturated rings. The SMILES string of the molecule is C[C@H](CCN)COc1ccccc1Br. The summed E-state index contributed by atoms with van der Waals surface area (Å²) in [5.74, 6) is 1.41. The first kappa shape index (κ1) is 11.5. The Labute approximate surface area is 93.6 Å². The van der Waals surface area contributed by atoms with E-state index in [1.807, 2.05) is 24.3 Å². The first-order valence-corrected chi connectivity index (χ1v) is 5.60. The second-order valence-corrected chi connectivity index (χ2v) is 4.28. The highest BCUT2D eigenvalue weighted by Crippen LogP contribution is 2.24. The average Bonchev–Trinajstić information content (AvgIpc) is 2.17. The molecule has 1 aromatic rings. The Hall–Kier alpha value is -0.540. The molecular weight excluding hydrogens is 242 g/mol. The summed E-state index contributed by atoms with van der Waals surface area (Å²) in [5.41, 5.74) is 5.46. The van der Waals surface area contributed by atoms with Crippen molar-refractivity contribution in [1.82, 2.24) is 0 Å². The quantitative estimate of drug-likeness (QED) is 0.881. The van der Waals surface area contributed by atoms with Gasteiger partial charge in [-0.25, -0.2) is 0 Å². The smallest absolute Gasteiger partial charge is 0.133 e. The summed E-state index contributed by atoms with van der Waals surface area (Å²) in [5, 5.41) is 0. The van der Waals surface area contributed by atoms with Crippen molar-refractivity contribution in [3.8, 4) is 5.75 Å². The Morgan fingerprint density at radius 2 is 2.14 bits per heavy atom. The van der Waals surface area contributed by atoms with Gasteiger partial charge in [0.2, 0.25) is 0 Å². The summed E-state index contributed by atoms with van der Waals surface area (Å²) in [6, 6.07) is 7.87. The third-order valence-electron chi connectivity index (χ3n) is 2.02. The van der Waals surface area contributed by atoms with E-state index in [9.17, 15) is 0 Å². The molecule has 14 heavy (non-hydrogen) atoms. The zero-order valence-corrected chi connectivity index (χ0v) is 9.96. The summed E-state index contributed by atoms with van der Waals surface area (Å²) >= 11 is 3.44. The van der Waals surface area contributed by atoms with Crippen LogP contribution in [0.3, 0.4) is 0 Å². The van der Waals surface area contributed by atoms with Crippen molar-refractivity contribution in [2.75, 3.05) is 13.2 Å². The summed E-state index contributed by atoms with van der Waals surface area (Å²) in [6.07, 6.45) is 1.00. The average molecular weight is 258 g/mol. The van der Waals surface area contributed by atoms with E-state index in [1.54, 1.807) is 0 Å². The van der Waals surface area contributed by atoms with Gasteiger partial charge in [-0.1, -0.05) is 19.1 Å². The van der Waals surface area contributed by atoms with Crippen LogP contribution in [-0.4, -0.2) is 13.2 Å². The molecule has 0 spiro atoms. The topological polar surface area (TPSA) is 35.2 Å². The molecule has 0 saturated carbocycles. The zero-order chi connectivity index (χ0) is 10.4. The van der Waals surface area contributed by atoms with Crippen LogP contribution in [-0.2, 0) is 0 Å². The van der Waals surface area contributed by atoms with E-state index in [0.717, 1.165) is 29.8 Å². The first-order valence-electron chi connectivity index (χ1n) is 4.81. The fourth-order valence-electron chi connectivity index (χ4n) is 1.16. The van der Waals surface area contributed by atoms with Gasteiger partial charge in [0, 0.05) is 0 Å². The molecule has 1 atom stereocenters. The molecular formula is C11H16BrNO. The van der Waals surface area contributed by atoms with E-state index in [4.69, 9.17) is 10.5 Å². The van der Waals surface area contributed by atoms with Gasteiger partial charge in [-0.15, -0.1) is 0 Å². The molecule has 0 aliphatic rings. The molecule has 1 aromatic carbocycles. The molecule has 0 radical (unpaired) electrons. The first-order chi connectivity index (χ1) is 6.74. The van der Waals surface area contributed by atoms with Gasteiger partial charge in [0.05, 0.1) is 11.1 Å². The van der Waals surface area contributed by atoms with E-state index in [0.29, 0.717) is 5.92 Å². The lowest BCUT2D eigenvalue weighted by atomic mass is 10.1. The second kappa shape index (κ2) is 6.04. The molecule has 0 saturated heterocycles. The molecule has 0 aliphatic carbocycles. The molecule has 2 N–H and O–H groups in total. The van der Waals surface area contributed by atoms with Gasteiger partial charge in [-0.3, -0.25) is 0 Å². The lowest BCUT2D eigenvalue weighted by Gasteiger charge is -2.12. The minimum atomic E-state index is 0.507. The van der Waals surface area contributed by atoms with Crippen LogP contribution in [0.4, 0.5) is 0 Å². The largest absolute Gasteiger partial charge is 0.492 e. The predicted octanol–water partition coefficient (Wildman–Crippen LogP) is 2.81. The monoisotopic (exact) mass is 257 g/mol. The van der Waals surface area contributed by atoms with Crippen molar-refractivity contribution < 1.29 is 4.74 Å². The highest BCUT2D eigenvalue weighted by molar-refractivity contribution is 9.10. The maximum Gasteiger partial charge on any atom is 0.133 e. The summed E-state index contributed by atoms with van der Waals surface area (Å²) in [6.45, 7) is 3.59. The van der Waals surface area contributed by atoms with Crippen molar-refractivity contribution in [3.05, 3.63) is 28.7 Å². The van der Waals surface area contributed by atoms with Crippen molar-refractivity contribution >= 4 is 15.9 Å². The fraction of sp³-hybridized carbons (Fsp3) is 0.455. The predicted molar refractivity (Wildman–Crippen MR) is 62.5 cm³/mol. The maximum atomic E-state index is 5.65. The van der Waals surface area contributed by atoms with Crippen LogP contribution in [0.2, 0.25) is 0 Å². The summed E-state index contributed by atoms with van der Waals surface area (Å²) in [7, 11) is 0. The van der Waals surface area contributed by atoms with E-state index < -0.39 is 0 Å². The van der Waals surface area contributed by atoms with Crippen LogP contribution in [0, 0.1) is 5.92 Å². The molecule has 3 heteroatoms. The number of halogens is 1. The van der Waals surface area contributed by atoms with E-state index in [1.165, 1.54) is 0 Å². The van der Waals surface area contributed by atoms with E-state index in [-0.39, 0.29) is 0 Å². The highest BCUT2D eigenvalue weighted by Gasteiger charge is 2.03. The van der Waals surface area contributed by atoms with E-state index >= 15 is 0 Å². The normalized spacial score (nSPS) is 12.5. The molecule has 0 aromatic heterocycles. The van der Waals surface area contributed by atoms with Gasteiger partial charge < -0.3 is 10.5 Å². The molecule has 0 unspecified atom stereocenters. The van der Waals surface area contributed by atoms with Crippen LogP contribution in [0.25, 0.3) is 0 Å². The number of nitrogens with two attached hydrogens (primary N) is 1. The van der Waals surface area contributed by atoms with Crippen LogP contribution in [0.15, 0.2) is 28.7 Å². The number of ether oxygens (including phenoxy) is 1. The van der Waals surface area contributed by atoms with Gasteiger partial charge in [-0.2, -0.15) is 0 Å². The molecule has 0 aliphatic heterocycles. The van der Waals surface area contributed by atoms with Crippen LogP contribution in [0.1, 0.15) is 13.3 Å². The number of benzene rings is 1. The third-order valence-corrected chi connectivity index (χ3v) is 2.67. The number of hydrogen-bond acceptors (Lipinski definition) is 2. The lowest BCUT2D eigenvalue weighted by Crippen LogP contribution is -2.13. The number of hydrogen-bond donors (Lipinski definition) is 1. The summed E-state index contributed by atoms with van der Waals surface area (Å²) in [4.78, 5) is 0. The van der Waals surface area contributed by atoms with Crippen molar-refractivity contribution in [1.29, 1.82) is 0 Å². The summed E-state index contributed by atoms with van der Waals surface area (Å²) < 4.78 is 6.65. The highest BCUT2D eigenvalue weighted by atomic mass is 79.9. The van der Waals surface area contributed by atoms with Gasteiger partial charge >= 0.3 is 0 Å². The zero-order valence-electron chi connectivity index (χ0n) is 8.37. The minimum absolute atomic E-state index is 0.507. The Morgan fingerprint density at radius 3 is 2.79 bits per heavy atom. The Balaban J connectivity index is 2.41. The molecule has 78 valence electrons. The van der Waals surface area contributed by atoms with Gasteiger partial charge in [0.15, 0.2) is 0 Å². The Bertz CT molecular complexity index is 278. The maximum absolute atomic E-state index is 5.65. The van der Waals surface area contributed by atoms with Crippen LogP contribution >= 0.6 is 15.9 Å². The standard InChI is InChI=1S/C11H16BrNO/c1-9(6-7-13)8-14-11-5-3-2-4-10(11)12/h2-5,9H,6-8,13H2,1H3/t9-/m1/s1. The third kappa shape index (κ3) is 3.68. The second-order valence-electron chi connectivity index (χ2n) is 3.42. The van der Waals surface area contributed by atoms with Gasteiger partial charge in [0.25, 0.3) is 0 Å². The lowest BCUT2D eigenvalue weighted by molar-refractivity contribution is 0.253. The number of rotatable bonds is 5. The number of para-hydroxylation sites is 1. The van der Waals surface area contributed by atoms with Crippen LogP contribution in [0.5, 0.6) is 5.75 Å². The van der Waals surface area contributed by atoms with Gasteiger partial charge in [-0.05, 0) is 46.9 Å². The van der Waals surface area contributed by atoms with Crippen molar-refractivity contribution in [2.24, 2.45) is 11.7 Å². The molecule has 0 heterocycles. The molecule has 0 bridgehead atoms. The molecule has 1 rings (SSSR count).